The first-order valence-electron chi connectivity index (χ1n) is 10.4. The average molecular weight is 455 g/mol. The molecule has 168 valence electrons. The molecular weight excluding hydrogens is 428 g/mol. The number of ether oxygens (including phenoxy) is 2. The molecule has 1 unspecified atom stereocenters. The maximum atomic E-state index is 11.9. The smallest absolute Gasteiger partial charge is 0.266 e. The van der Waals surface area contributed by atoms with Crippen molar-refractivity contribution in [3.05, 3.63) is 93.4 Å². The summed E-state index contributed by atoms with van der Waals surface area (Å²) in [6.07, 6.45) is 1.61. The fraction of sp³-hybridized carbons (Fsp3) is 0.333. The van der Waals surface area contributed by atoms with Crippen LogP contribution in [0.4, 0.5) is 0 Å². The lowest BCUT2D eigenvalue weighted by Gasteiger charge is -2.32. The fourth-order valence-corrected chi connectivity index (χ4v) is 4.76. The number of hydrogen-bond acceptors (Lipinski definition) is 6. The van der Waals surface area contributed by atoms with Crippen LogP contribution in [0.5, 0.6) is 0 Å². The van der Waals surface area contributed by atoms with Gasteiger partial charge in [-0.05, 0) is 41.8 Å². The van der Waals surface area contributed by atoms with E-state index in [-0.39, 0.29) is 16.4 Å². The molecule has 1 saturated heterocycles. The molecule has 1 atom stereocenters. The van der Waals surface area contributed by atoms with Crippen LogP contribution in [-0.4, -0.2) is 37.7 Å². The minimum atomic E-state index is -3.30. The first kappa shape index (κ1) is 22.4. The summed E-state index contributed by atoms with van der Waals surface area (Å²) in [6.45, 7) is 2.87. The first-order valence-corrected chi connectivity index (χ1v) is 12.3. The van der Waals surface area contributed by atoms with Crippen LogP contribution in [0.2, 0.25) is 0 Å². The molecule has 0 radical (unpaired) electrons. The van der Waals surface area contributed by atoms with Crippen molar-refractivity contribution in [1.29, 1.82) is 0 Å². The highest BCUT2D eigenvalue weighted by atomic mass is 32.2. The monoisotopic (exact) mass is 454 g/mol. The Labute approximate surface area is 187 Å². The largest absolute Gasteiger partial charge is 0.342 e. The summed E-state index contributed by atoms with van der Waals surface area (Å²) in [5.41, 5.74) is 3.45. The van der Waals surface area contributed by atoms with E-state index in [2.05, 4.69) is 11.2 Å². The van der Waals surface area contributed by atoms with Gasteiger partial charge in [-0.2, -0.15) is 5.10 Å². The minimum absolute atomic E-state index is 0.151. The highest BCUT2D eigenvalue weighted by Crippen LogP contribution is 2.43. The molecule has 0 saturated carbocycles. The van der Waals surface area contributed by atoms with Gasteiger partial charge >= 0.3 is 0 Å². The van der Waals surface area contributed by atoms with Crippen LogP contribution >= 0.6 is 0 Å². The third-order valence-electron chi connectivity index (χ3n) is 5.85. The second-order valence-corrected chi connectivity index (χ2v) is 10.1. The summed E-state index contributed by atoms with van der Waals surface area (Å²) < 4.78 is 37.4. The Balaban J connectivity index is 1.82. The quantitative estimate of drug-likeness (QED) is 0.569. The number of aryl methyl sites for hydroxylation is 2. The molecule has 4 rings (SSSR count). The standard InChI is InChI=1S/C24H26N2O5S/c1-17-6-4-5-7-20(17)21(18-8-10-19(11-9-18)32(3,28)29)16-24(30-14-15-31-24)22-12-13-23(27)26(2)25-22/h4-13,21H,14-16H2,1-3H3. The maximum absolute atomic E-state index is 11.9. The van der Waals surface area contributed by atoms with Crippen molar-refractivity contribution in [2.24, 2.45) is 7.05 Å². The zero-order valence-electron chi connectivity index (χ0n) is 18.3. The molecule has 1 fully saturated rings. The van der Waals surface area contributed by atoms with Gasteiger partial charge in [0.15, 0.2) is 9.84 Å². The van der Waals surface area contributed by atoms with Gasteiger partial charge < -0.3 is 9.47 Å². The second-order valence-electron chi connectivity index (χ2n) is 8.08. The predicted octanol–water partition coefficient (Wildman–Crippen LogP) is 2.91. The average Bonchev–Trinajstić information content (AvgIpc) is 3.24. The summed E-state index contributed by atoms with van der Waals surface area (Å²) in [4.78, 5) is 12.2. The van der Waals surface area contributed by atoms with E-state index in [1.807, 2.05) is 37.3 Å². The number of nitrogens with zero attached hydrogens (tertiary/aromatic N) is 2. The molecule has 2 heterocycles. The van der Waals surface area contributed by atoms with E-state index in [0.29, 0.717) is 25.3 Å². The summed E-state index contributed by atoms with van der Waals surface area (Å²) >= 11 is 0. The molecule has 0 bridgehead atoms. The Morgan fingerprint density at radius 2 is 1.69 bits per heavy atom. The number of hydrogen-bond donors (Lipinski definition) is 0. The SMILES string of the molecule is Cc1ccccc1C(CC1(c2ccc(=O)n(C)n2)OCCO1)c1ccc(S(C)(=O)=O)cc1. The molecule has 1 aliphatic heterocycles. The third kappa shape index (κ3) is 4.39. The lowest BCUT2D eigenvalue weighted by Crippen LogP contribution is -2.34. The van der Waals surface area contributed by atoms with E-state index in [4.69, 9.17) is 9.47 Å². The van der Waals surface area contributed by atoms with Crippen molar-refractivity contribution in [2.75, 3.05) is 19.5 Å². The molecule has 3 aromatic rings. The van der Waals surface area contributed by atoms with E-state index in [9.17, 15) is 13.2 Å². The Kier molecular flexibility index (Phi) is 6.03. The molecule has 1 aromatic heterocycles. The van der Waals surface area contributed by atoms with Crippen molar-refractivity contribution in [3.8, 4) is 0 Å². The van der Waals surface area contributed by atoms with Gasteiger partial charge in [0.25, 0.3) is 5.56 Å². The van der Waals surface area contributed by atoms with Gasteiger partial charge in [0.2, 0.25) is 5.79 Å². The normalized spacial score (nSPS) is 16.7. The van der Waals surface area contributed by atoms with Gasteiger partial charge in [-0.15, -0.1) is 0 Å². The van der Waals surface area contributed by atoms with E-state index in [1.165, 1.54) is 17.0 Å². The lowest BCUT2D eigenvalue weighted by atomic mass is 9.82. The van der Waals surface area contributed by atoms with Gasteiger partial charge in [0.05, 0.1) is 18.1 Å². The van der Waals surface area contributed by atoms with Gasteiger partial charge in [0.1, 0.15) is 5.69 Å². The fourth-order valence-electron chi connectivity index (χ4n) is 4.13. The van der Waals surface area contributed by atoms with Crippen LogP contribution in [-0.2, 0) is 32.1 Å². The number of rotatable bonds is 6. The van der Waals surface area contributed by atoms with Crippen LogP contribution in [0, 0.1) is 6.92 Å². The lowest BCUT2D eigenvalue weighted by molar-refractivity contribution is -0.176. The maximum Gasteiger partial charge on any atom is 0.266 e. The highest BCUT2D eigenvalue weighted by Gasteiger charge is 2.43. The number of benzene rings is 2. The Morgan fingerprint density at radius 1 is 1.03 bits per heavy atom. The summed E-state index contributed by atoms with van der Waals surface area (Å²) in [7, 11) is -1.70. The molecule has 0 N–H and O–H groups in total. The van der Waals surface area contributed by atoms with Gasteiger partial charge in [-0.25, -0.2) is 13.1 Å². The van der Waals surface area contributed by atoms with Crippen molar-refractivity contribution < 1.29 is 17.9 Å². The summed E-state index contributed by atoms with van der Waals surface area (Å²) in [5.74, 6) is -1.27. The molecule has 7 nitrogen and oxygen atoms in total. The van der Waals surface area contributed by atoms with Crippen LogP contribution < -0.4 is 5.56 Å². The zero-order chi connectivity index (χ0) is 22.9. The molecule has 8 heteroatoms. The molecule has 2 aromatic carbocycles. The van der Waals surface area contributed by atoms with E-state index in [1.54, 1.807) is 25.2 Å². The van der Waals surface area contributed by atoms with Gasteiger partial charge in [-0.1, -0.05) is 36.4 Å². The molecule has 1 aliphatic rings. The van der Waals surface area contributed by atoms with Crippen molar-refractivity contribution in [3.63, 3.8) is 0 Å². The summed E-state index contributed by atoms with van der Waals surface area (Å²) in [6, 6.07) is 18.1. The van der Waals surface area contributed by atoms with Crippen LogP contribution in [0.1, 0.15) is 34.7 Å². The molecular formula is C24H26N2O5S. The molecule has 0 aliphatic carbocycles. The van der Waals surface area contributed by atoms with Crippen molar-refractivity contribution in [1.82, 2.24) is 9.78 Å². The number of aromatic nitrogens is 2. The van der Waals surface area contributed by atoms with E-state index in [0.717, 1.165) is 16.7 Å². The van der Waals surface area contributed by atoms with Gasteiger partial charge in [-0.3, -0.25) is 4.79 Å². The third-order valence-corrected chi connectivity index (χ3v) is 6.98. The molecule has 0 amide bonds. The topological polar surface area (TPSA) is 87.5 Å². The number of sulfone groups is 1. The van der Waals surface area contributed by atoms with Crippen molar-refractivity contribution >= 4 is 9.84 Å². The Bertz CT molecular complexity index is 1280. The van der Waals surface area contributed by atoms with E-state index >= 15 is 0 Å². The van der Waals surface area contributed by atoms with Crippen LogP contribution in [0.15, 0.2) is 70.4 Å². The van der Waals surface area contributed by atoms with Crippen LogP contribution in [0.25, 0.3) is 0 Å². The highest BCUT2D eigenvalue weighted by molar-refractivity contribution is 7.90. The summed E-state index contributed by atoms with van der Waals surface area (Å²) in [5, 5.41) is 4.41. The predicted molar refractivity (Wildman–Crippen MR) is 120 cm³/mol. The Morgan fingerprint density at radius 3 is 2.28 bits per heavy atom. The van der Waals surface area contributed by atoms with Crippen molar-refractivity contribution in [2.45, 2.75) is 29.9 Å². The van der Waals surface area contributed by atoms with E-state index < -0.39 is 15.6 Å². The molecule has 0 spiro atoms. The first-order chi connectivity index (χ1) is 15.2. The molecule has 32 heavy (non-hydrogen) atoms. The van der Waals surface area contributed by atoms with Gasteiger partial charge in [0, 0.05) is 31.7 Å². The minimum Gasteiger partial charge on any atom is -0.342 e. The van der Waals surface area contributed by atoms with Crippen LogP contribution in [0.3, 0.4) is 0 Å². The second kappa shape index (κ2) is 8.61. The Hall–Kier alpha value is -2.81. The zero-order valence-corrected chi connectivity index (χ0v) is 19.1.